The summed E-state index contributed by atoms with van der Waals surface area (Å²) in [6.07, 6.45) is 19.9. The summed E-state index contributed by atoms with van der Waals surface area (Å²) < 4.78 is 12.3. The summed E-state index contributed by atoms with van der Waals surface area (Å²) in [5.74, 6) is 5.43. The highest BCUT2D eigenvalue weighted by molar-refractivity contribution is 6.11. The zero-order valence-electron chi connectivity index (χ0n) is 68.3. The number of fused-ring (bicyclic) bond motifs is 9. The number of aromatic nitrogens is 6. The van der Waals surface area contributed by atoms with Gasteiger partial charge < -0.3 is 57.8 Å². The van der Waals surface area contributed by atoms with Crippen LogP contribution in [-0.4, -0.2) is 84.6 Å². The lowest BCUT2D eigenvalue weighted by atomic mass is 10.1. The number of para-hydroxylation sites is 7. The zero-order chi connectivity index (χ0) is 80.0. The van der Waals surface area contributed by atoms with Crippen LogP contribution >= 0.6 is 0 Å². The molecule has 0 aliphatic carbocycles. The van der Waals surface area contributed by atoms with Gasteiger partial charge in [0.25, 0.3) is 0 Å². The molecule has 5 aliphatic heterocycles. The molecule has 5 aliphatic rings. The Morgan fingerprint density at radius 3 is 0.965 bits per heavy atom. The third kappa shape index (κ3) is 13.9. The van der Waals surface area contributed by atoms with Crippen LogP contribution in [0.25, 0.3) is 43.9 Å². The minimum absolute atomic E-state index is 0.0956. The summed E-state index contributed by atoms with van der Waals surface area (Å²) in [6.45, 7) is 30.2. The normalized spacial score (nSPS) is 17.1. The van der Waals surface area contributed by atoms with Gasteiger partial charge in [0.15, 0.2) is 46.1 Å². The fraction of sp³-hybridized carbons (Fsp3) is 0.216. The summed E-state index contributed by atoms with van der Waals surface area (Å²) in [7, 11) is 4.19. The van der Waals surface area contributed by atoms with Crippen molar-refractivity contribution in [3.8, 4) is 0 Å². The van der Waals surface area contributed by atoms with Crippen LogP contribution in [0.3, 0.4) is 0 Å². The molecule has 5 aromatic heterocycles. The van der Waals surface area contributed by atoms with E-state index in [0.717, 1.165) is 80.0 Å². The zero-order valence-corrected chi connectivity index (χ0v) is 68.3. The molecule has 15 aromatic rings. The third-order valence-electron chi connectivity index (χ3n) is 22.8. The molecule has 0 bridgehead atoms. The van der Waals surface area contributed by atoms with Crippen molar-refractivity contribution < 1.29 is 8.83 Å². The van der Waals surface area contributed by atoms with Gasteiger partial charge in [-0.1, -0.05) is 158 Å². The number of hydrogen-bond acceptors (Lipinski definition) is 18. The lowest BCUT2D eigenvalue weighted by molar-refractivity contribution is 0.383. The van der Waals surface area contributed by atoms with E-state index in [4.69, 9.17) is 8.83 Å². The first kappa shape index (κ1) is 75.6. The topological polar surface area (TPSA) is 136 Å². The van der Waals surface area contributed by atoms with Gasteiger partial charge in [0.05, 0.1) is 17.1 Å². The Bertz CT molecular complexity index is 5970. The fourth-order valence-corrected chi connectivity index (χ4v) is 16.8. The van der Waals surface area contributed by atoms with Crippen molar-refractivity contribution in [1.29, 1.82) is 0 Å². The summed E-state index contributed by atoms with van der Waals surface area (Å²) in [5.41, 5.74) is 24.3. The van der Waals surface area contributed by atoms with Gasteiger partial charge in [0, 0.05) is 126 Å². The number of rotatable bonds is 8. The quantitative estimate of drug-likeness (QED) is 0.143. The van der Waals surface area contributed by atoms with Crippen LogP contribution < -0.4 is 39.2 Å². The number of nitrogens with zero attached hydrogens (tertiary/aromatic N) is 16. The van der Waals surface area contributed by atoms with Crippen molar-refractivity contribution >= 4 is 124 Å². The predicted molar refractivity (Wildman–Crippen MR) is 474 cm³/mol. The molecular formula is C97H98N16O2. The van der Waals surface area contributed by atoms with Crippen LogP contribution in [0.5, 0.6) is 0 Å². The van der Waals surface area contributed by atoms with Gasteiger partial charge in [-0.3, -0.25) is 0 Å². The molecule has 5 atom stereocenters. The van der Waals surface area contributed by atoms with Gasteiger partial charge in [-0.2, -0.15) is 0 Å². The van der Waals surface area contributed by atoms with E-state index in [1.54, 1.807) is 37.2 Å². The molecule has 115 heavy (non-hydrogen) atoms. The second-order valence-electron chi connectivity index (χ2n) is 30.4. The third-order valence-corrected chi connectivity index (χ3v) is 22.8. The molecule has 0 amide bonds. The molecular weight excluding hydrogens is 1420 g/mol. The van der Waals surface area contributed by atoms with Gasteiger partial charge in [-0.15, -0.1) is 0 Å². The van der Waals surface area contributed by atoms with Crippen LogP contribution in [0.4, 0.5) is 80.4 Å². The lowest BCUT2D eigenvalue weighted by Gasteiger charge is -2.31. The first-order valence-corrected chi connectivity index (χ1v) is 39.5. The van der Waals surface area contributed by atoms with E-state index in [1.807, 2.05) is 30.3 Å². The standard InChI is InChI=1S/2C21H22N4.C19H18N4.2C18H18N2O/c1-14-8-5-6-11-18(14)24-17(4)25(21-20(24)22-12-13-23-21)19-15(2)9-7-10-16(19)3;1-14-11-15(2)13-18(12-14)24-17(4)25(19-8-6-5-7-16(19)3)21-20(24)22-9-10-23-21;1-14-8-6-7-11-17(14)23-15(2)22(16-9-4-3-5-10-16)18-19(23)21-13-12-20-18;2*1-12-8-9-15-14-6-4-5-7-16(14)21-18(15)17(12)20-11-10-19(3)13(20)2/h2*5-13,17H,1-4H3;3-13,15H,1-2H3;2*4-11,13H,1-3H3/t2*17-;15-;2*13-/m01111/s1. The van der Waals surface area contributed by atoms with E-state index < -0.39 is 0 Å². The molecule has 10 aromatic carbocycles. The first-order valence-electron chi connectivity index (χ1n) is 39.5. The van der Waals surface area contributed by atoms with Crippen molar-refractivity contribution in [2.24, 2.45) is 0 Å². The highest BCUT2D eigenvalue weighted by atomic mass is 16.3. The molecule has 20 rings (SSSR count). The molecule has 0 fully saturated rings. The predicted octanol–water partition coefficient (Wildman–Crippen LogP) is 23.4. The van der Waals surface area contributed by atoms with Crippen molar-refractivity contribution in [2.75, 3.05) is 53.3 Å². The van der Waals surface area contributed by atoms with Crippen LogP contribution in [0.2, 0.25) is 0 Å². The van der Waals surface area contributed by atoms with E-state index in [2.05, 4.69) is 397 Å². The van der Waals surface area contributed by atoms with Gasteiger partial charge in [-0.25, -0.2) is 29.9 Å². The average Bonchev–Trinajstić information content (AvgIpc) is 1.61. The van der Waals surface area contributed by atoms with Crippen molar-refractivity contribution in [3.63, 3.8) is 0 Å². The first-order chi connectivity index (χ1) is 55.8. The Hall–Kier alpha value is -13.5. The highest BCUT2D eigenvalue weighted by Crippen LogP contribution is 2.51. The highest BCUT2D eigenvalue weighted by Gasteiger charge is 2.42. The van der Waals surface area contributed by atoms with Crippen LogP contribution in [-0.2, 0) is 0 Å². The lowest BCUT2D eigenvalue weighted by Crippen LogP contribution is -2.36. The maximum atomic E-state index is 6.17. The molecule has 0 radical (unpaired) electrons. The number of aryl methyl sites for hydroxylation is 9. The Morgan fingerprint density at radius 2 is 0.583 bits per heavy atom. The molecule has 18 heteroatoms. The molecule has 0 spiro atoms. The SMILES string of the molecule is Cc1cc(C)cc(N2c3nccnc3N(c3ccccc3C)[C@@H]2C)c1.Cc1ccc2c(oc3ccccc32)c1N1C=CN(C)[C@H]1C.Cc1ccc2c(oc3ccccc32)c1N1C=CN(C)[C@H]1C.Cc1ccccc1N1c2nccnc2N(c2c(C)cccc2C)[C@H]1C.Cc1ccccc1N1c2nccnc2N(c2ccccc2)[C@H]1C. The smallest absolute Gasteiger partial charge is 0.178 e. The Kier molecular flexibility index (Phi) is 20.8. The van der Waals surface area contributed by atoms with Gasteiger partial charge in [0.2, 0.25) is 0 Å². The fourth-order valence-electron chi connectivity index (χ4n) is 16.8. The van der Waals surface area contributed by atoms with Crippen molar-refractivity contribution in [1.82, 2.24) is 39.7 Å². The van der Waals surface area contributed by atoms with Crippen molar-refractivity contribution in [3.05, 3.63) is 324 Å². The Balaban J connectivity index is 0.000000108. The molecule has 0 saturated carbocycles. The van der Waals surface area contributed by atoms with Crippen LogP contribution in [0.1, 0.15) is 84.7 Å². The maximum absolute atomic E-state index is 6.17. The molecule has 0 N–H and O–H groups in total. The largest absolute Gasteiger partial charge is 0.454 e. The summed E-state index contributed by atoms with van der Waals surface area (Å²) >= 11 is 0. The number of furan rings is 2. The van der Waals surface area contributed by atoms with E-state index >= 15 is 0 Å². The van der Waals surface area contributed by atoms with Gasteiger partial charge >= 0.3 is 0 Å². The second kappa shape index (κ2) is 31.6. The number of benzene rings is 10. The molecule has 10 heterocycles. The maximum Gasteiger partial charge on any atom is 0.178 e. The number of hydrogen-bond donors (Lipinski definition) is 0. The minimum Gasteiger partial charge on any atom is -0.454 e. The van der Waals surface area contributed by atoms with E-state index in [-0.39, 0.29) is 18.5 Å². The van der Waals surface area contributed by atoms with Gasteiger partial charge in [0.1, 0.15) is 42.0 Å². The Morgan fingerprint density at radius 1 is 0.261 bits per heavy atom. The summed E-state index contributed by atoms with van der Waals surface area (Å²) in [5, 5.41) is 4.72. The number of anilines is 14. The Labute approximate surface area is 674 Å². The van der Waals surface area contributed by atoms with Crippen LogP contribution in [0.15, 0.2) is 283 Å². The molecule has 18 nitrogen and oxygen atoms in total. The molecule has 578 valence electrons. The molecule has 0 unspecified atom stereocenters. The second-order valence-corrected chi connectivity index (χ2v) is 30.4. The van der Waals surface area contributed by atoms with E-state index in [9.17, 15) is 0 Å². The summed E-state index contributed by atoms with van der Waals surface area (Å²) in [6, 6.07) is 73.8. The summed E-state index contributed by atoms with van der Waals surface area (Å²) in [4.78, 5) is 50.4. The van der Waals surface area contributed by atoms with Gasteiger partial charge in [-0.05, 0) is 202 Å². The van der Waals surface area contributed by atoms with E-state index in [1.165, 1.54) is 94.4 Å². The van der Waals surface area contributed by atoms with Crippen LogP contribution in [0, 0.1) is 62.3 Å². The average molecular weight is 1520 g/mol. The molecule has 0 saturated heterocycles. The van der Waals surface area contributed by atoms with E-state index in [0.29, 0.717) is 12.3 Å². The minimum atomic E-state index is 0.0956. The van der Waals surface area contributed by atoms with Crippen molar-refractivity contribution in [2.45, 2.75) is 128 Å². The monoisotopic (exact) mass is 1520 g/mol.